The molecule has 110 valence electrons. The van der Waals surface area contributed by atoms with Crippen molar-refractivity contribution in [1.82, 2.24) is 10.2 Å². The van der Waals surface area contributed by atoms with E-state index in [0.29, 0.717) is 19.1 Å². The van der Waals surface area contributed by atoms with Crippen LogP contribution in [0.5, 0.6) is 5.75 Å². The highest BCUT2D eigenvalue weighted by Gasteiger charge is 2.24. The maximum absolute atomic E-state index is 12.2. The van der Waals surface area contributed by atoms with E-state index in [1.54, 1.807) is 0 Å². The minimum atomic E-state index is 0.189. The predicted molar refractivity (Wildman–Crippen MR) is 80.0 cm³/mol. The highest BCUT2D eigenvalue weighted by molar-refractivity contribution is 5.76. The number of nitrogens with zero attached hydrogens (tertiary/aromatic N) is 1. The van der Waals surface area contributed by atoms with Crippen LogP contribution >= 0.6 is 0 Å². The van der Waals surface area contributed by atoms with Gasteiger partial charge in [0.25, 0.3) is 0 Å². The van der Waals surface area contributed by atoms with Gasteiger partial charge in [-0.25, -0.2) is 0 Å². The molecule has 1 unspecified atom stereocenters. The molecule has 0 aliphatic carbocycles. The van der Waals surface area contributed by atoms with Gasteiger partial charge < -0.3 is 15.0 Å². The molecule has 1 saturated heterocycles. The third kappa shape index (κ3) is 3.97. The number of aryl methyl sites for hydroxylation is 1. The Morgan fingerprint density at radius 1 is 1.50 bits per heavy atom. The van der Waals surface area contributed by atoms with Crippen LogP contribution < -0.4 is 10.1 Å². The third-order valence-corrected chi connectivity index (χ3v) is 3.71. The van der Waals surface area contributed by atoms with Crippen LogP contribution in [-0.2, 0) is 4.79 Å². The maximum atomic E-state index is 12.2. The lowest BCUT2D eigenvalue weighted by molar-refractivity contribution is -0.133. The van der Waals surface area contributed by atoms with Crippen LogP contribution in [0, 0.1) is 6.92 Å². The average Bonchev–Trinajstić information content (AvgIpc) is 2.93. The zero-order chi connectivity index (χ0) is 14.4. The number of benzene rings is 1. The predicted octanol–water partition coefficient (Wildman–Crippen LogP) is 1.97. The summed E-state index contributed by atoms with van der Waals surface area (Å²) >= 11 is 0. The molecule has 1 amide bonds. The maximum Gasteiger partial charge on any atom is 0.226 e. The van der Waals surface area contributed by atoms with Crippen LogP contribution in [0.2, 0.25) is 0 Å². The van der Waals surface area contributed by atoms with Gasteiger partial charge >= 0.3 is 0 Å². The second kappa shape index (κ2) is 7.29. The molecule has 4 nitrogen and oxygen atoms in total. The van der Waals surface area contributed by atoms with Crippen LogP contribution in [0.1, 0.15) is 25.3 Å². The number of carbonyl (C=O) groups excluding carboxylic acids is 1. The van der Waals surface area contributed by atoms with E-state index >= 15 is 0 Å². The van der Waals surface area contributed by atoms with Crippen LogP contribution in [-0.4, -0.2) is 43.1 Å². The van der Waals surface area contributed by atoms with Crippen LogP contribution in [0.15, 0.2) is 24.3 Å². The van der Waals surface area contributed by atoms with E-state index in [0.717, 1.165) is 31.8 Å². The third-order valence-electron chi connectivity index (χ3n) is 3.71. The zero-order valence-electron chi connectivity index (χ0n) is 12.4. The van der Waals surface area contributed by atoms with Gasteiger partial charge in [0.1, 0.15) is 5.75 Å². The van der Waals surface area contributed by atoms with Crippen molar-refractivity contribution in [2.24, 2.45) is 0 Å². The number of rotatable bonds is 6. The molecule has 0 bridgehead atoms. The molecule has 0 aromatic heterocycles. The molecule has 1 fully saturated rings. The van der Waals surface area contributed by atoms with E-state index in [-0.39, 0.29) is 5.91 Å². The zero-order valence-corrected chi connectivity index (χ0v) is 12.4. The lowest BCUT2D eigenvalue weighted by atomic mass is 10.2. The lowest BCUT2D eigenvalue weighted by Crippen LogP contribution is -2.41. The van der Waals surface area contributed by atoms with Crippen LogP contribution in [0.3, 0.4) is 0 Å². The Hall–Kier alpha value is -1.55. The number of likely N-dealkylation sites (N-methyl/N-ethyl adjacent to an activating group) is 1. The first kappa shape index (κ1) is 14.9. The van der Waals surface area contributed by atoms with E-state index in [2.05, 4.69) is 5.32 Å². The van der Waals surface area contributed by atoms with E-state index in [1.165, 1.54) is 5.56 Å². The summed E-state index contributed by atoms with van der Waals surface area (Å²) in [5.41, 5.74) is 1.17. The molecule has 0 spiro atoms. The molecule has 0 radical (unpaired) electrons. The summed E-state index contributed by atoms with van der Waals surface area (Å²) in [5, 5.41) is 3.31. The Morgan fingerprint density at radius 2 is 2.35 bits per heavy atom. The molecular formula is C16H24N2O2. The van der Waals surface area contributed by atoms with Gasteiger partial charge in [-0.15, -0.1) is 0 Å². The van der Waals surface area contributed by atoms with Crippen molar-refractivity contribution in [1.29, 1.82) is 0 Å². The van der Waals surface area contributed by atoms with Gasteiger partial charge in [0.2, 0.25) is 5.91 Å². The fraction of sp³-hybridized carbons (Fsp3) is 0.562. The molecule has 20 heavy (non-hydrogen) atoms. The first-order chi connectivity index (χ1) is 9.70. The number of amides is 1. The van der Waals surface area contributed by atoms with Crippen molar-refractivity contribution in [3.8, 4) is 5.75 Å². The summed E-state index contributed by atoms with van der Waals surface area (Å²) in [5.74, 6) is 1.03. The Morgan fingerprint density at radius 3 is 3.00 bits per heavy atom. The standard InChI is InChI=1S/C16H24N2O2/c1-3-18(14-7-9-17-12-14)16(19)8-10-20-15-6-4-5-13(2)11-15/h4-6,11,14,17H,3,7-10,12H2,1-2H3. The summed E-state index contributed by atoms with van der Waals surface area (Å²) < 4.78 is 5.65. The minimum absolute atomic E-state index is 0.189. The SMILES string of the molecule is CCN(C(=O)CCOc1cccc(C)c1)C1CCNC1. The first-order valence-corrected chi connectivity index (χ1v) is 7.40. The smallest absolute Gasteiger partial charge is 0.226 e. The largest absolute Gasteiger partial charge is 0.493 e. The number of carbonyl (C=O) groups is 1. The Balaban J connectivity index is 1.79. The lowest BCUT2D eigenvalue weighted by Gasteiger charge is -2.27. The summed E-state index contributed by atoms with van der Waals surface area (Å²) in [6, 6.07) is 8.27. The quantitative estimate of drug-likeness (QED) is 0.864. The molecule has 4 heteroatoms. The van der Waals surface area contributed by atoms with Gasteiger partial charge in [0, 0.05) is 19.1 Å². The highest BCUT2D eigenvalue weighted by Crippen LogP contribution is 2.14. The molecule has 1 aliphatic heterocycles. The van der Waals surface area contributed by atoms with Crippen molar-refractivity contribution in [3.05, 3.63) is 29.8 Å². The van der Waals surface area contributed by atoms with Crippen molar-refractivity contribution in [2.75, 3.05) is 26.2 Å². The molecular weight excluding hydrogens is 252 g/mol. The monoisotopic (exact) mass is 276 g/mol. The van der Waals surface area contributed by atoms with E-state index in [9.17, 15) is 4.79 Å². The summed E-state index contributed by atoms with van der Waals surface area (Å²) in [6.07, 6.45) is 1.50. The number of hydrogen-bond donors (Lipinski definition) is 1. The molecule has 1 heterocycles. The number of hydrogen-bond acceptors (Lipinski definition) is 3. The van der Waals surface area contributed by atoms with Crippen molar-refractivity contribution in [2.45, 2.75) is 32.7 Å². The Labute approximate surface area is 121 Å². The topological polar surface area (TPSA) is 41.6 Å². The highest BCUT2D eigenvalue weighted by atomic mass is 16.5. The molecule has 1 atom stereocenters. The van der Waals surface area contributed by atoms with Crippen molar-refractivity contribution >= 4 is 5.91 Å². The van der Waals surface area contributed by atoms with Gasteiger partial charge in [-0.1, -0.05) is 12.1 Å². The number of nitrogens with one attached hydrogen (secondary N) is 1. The number of ether oxygens (including phenoxy) is 1. The normalized spacial score (nSPS) is 18.0. The summed E-state index contributed by atoms with van der Waals surface area (Å²) in [7, 11) is 0. The molecule has 2 rings (SSSR count). The Kier molecular flexibility index (Phi) is 5.41. The van der Waals surface area contributed by atoms with Gasteiger partial charge in [-0.2, -0.15) is 0 Å². The van der Waals surface area contributed by atoms with E-state index in [1.807, 2.05) is 43.0 Å². The Bertz CT molecular complexity index is 442. The molecule has 1 N–H and O–H groups in total. The fourth-order valence-electron chi connectivity index (χ4n) is 2.65. The molecule has 1 aromatic carbocycles. The van der Waals surface area contributed by atoms with Gasteiger partial charge in [0.15, 0.2) is 0 Å². The molecule has 1 aliphatic rings. The first-order valence-electron chi connectivity index (χ1n) is 7.40. The second-order valence-corrected chi connectivity index (χ2v) is 5.24. The average molecular weight is 276 g/mol. The molecule has 1 aromatic rings. The van der Waals surface area contributed by atoms with Crippen LogP contribution in [0.4, 0.5) is 0 Å². The van der Waals surface area contributed by atoms with Crippen molar-refractivity contribution in [3.63, 3.8) is 0 Å². The second-order valence-electron chi connectivity index (χ2n) is 5.24. The van der Waals surface area contributed by atoms with E-state index in [4.69, 9.17) is 4.74 Å². The van der Waals surface area contributed by atoms with Crippen molar-refractivity contribution < 1.29 is 9.53 Å². The van der Waals surface area contributed by atoms with Gasteiger partial charge in [0.05, 0.1) is 13.0 Å². The van der Waals surface area contributed by atoms with E-state index < -0.39 is 0 Å². The van der Waals surface area contributed by atoms with Gasteiger partial charge in [-0.05, 0) is 44.5 Å². The summed E-state index contributed by atoms with van der Waals surface area (Å²) in [4.78, 5) is 14.2. The fourth-order valence-corrected chi connectivity index (χ4v) is 2.65. The van der Waals surface area contributed by atoms with Crippen LogP contribution in [0.25, 0.3) is 0 Å². The molecule has 0 saturated carbocycles. The minimum Gasteiger partial charge on any atom is -0.493 e. The van der Waals surface area contributed by atoms with Gasteiger partial charge in [-0.3, -0.25) is 4.79 Å². The summed E-state index contributed by atoms with van der Waals surface area (Å²) in [6.45, 7) is 7.21.